The van der Waals surface area contributed by atoms with Crippen molar-refractivity contribution in [3.63, 3.8) is 0 Å². The van der Waals surface area contributed by atoms with Crippen LogP contribution in [0, 0.1) is 13.8 Å². The summed E-state index contributed by atoms with van der Waals surface area (Å²) in [7, 11) is 0. The molecular weight excluding hydrogens is 350 g/mol. The van der Waals surface area contributed by atoms with Gasteiger partial charge in [-0.05, 0) is 31.5 Å². The first-order chi connectivity index (χ1) is 12.5. The highest BCUT2D eigenvalue weighted by Gasteiger charge is 2.21. The molecule has 26 heavy (non-hydrogen) atoms. The number of ether oxygens (including phenoxy) is 1. The Balaban J connectivity index is 1.72. The highest BCUT2D eigenvalue weighted by Crippen LogP contribution is 2.33. The first-order valence-electron chi connectivity index (χ1n) is 8.09. The lowest BCUT2D eigenvalue weighted by Crippen LogP contribution is -2.11. The lowest BCUT2D eigenvalue weighted by molar-refractivity contribution is -0.114. The fourth-order valence-corrected chi connectivity index (χ4v) is 3.59. The molecule has 2 heterocycles. The van der Waals surface area contributed by atoms with E-state index in [-0.39, 0.29) is 12.5 Å². The van der Waals surface area contributed by atoms with Crippen LogP contribution in [0.15, 0.2) is 42.7 Å². The van der Waals surface area contributed by atoms with E-state index in [9.17, 15) is 9.59 Å². The fraction of sp³-hybridized carbons (Fsp3) is 0.211. The summed E-state index contributed by atoms with van der Waals surface area (Å²) in [6.07, 6.45) is 3.49. The summed E-state index contributed by atoms with van der Waals surface area (Å²) in [6, 6.07) is 9.69. The zero-order valence-electron chi connectivity index (χ0n) is 14.8. The molecule has 0 radical (unpaired) electrons. The molecule has 134 valence electrons. The van der Waals surface area contributed by atoms with E-state index in [0.29, 0.717) is 10.6 Å². The number of benzene rings is 1. The molecule has 0 aliphatic heterocycles. The van der Waals surface area contributed by atoms with Gasteiger partial charge in [0.25, 0.3) is 0 Å². The van der Waals surface area contributed by atoms with Gasteiger partial charge < -0.3 is 10.1 Å². The number of amides is 1. The Morgan fingerprint density at radius 2 is 1.96 bits per heavy atom. The van der Waals surface area contributed by atoms with Crippen LogP contribution in [0.1, 0.15) is 33.3 Å². The Hall–Kier alpha value is -2.93. The van der Waals surface area contributed by atoms with Crippen molar-refractivity contribution in [2.75, 3.05) is 5.32 Å². The number of nitrogens with zero attached hydrogens (tertiary/aromatic N) is 2. The number of thiophene rings is 1. The van der Waals surface area contributed by atoms with Crippen LogP contribution in [-0.2, 0) is 16.1 Å². The maximum atomic E-state index is 12.5. The lowest BCUT2D eigenvalue weighted by atomic mass is 10.1. The number of hydrogen-bond donors (Lipinski definition) is 1. The first kappa shape index (κ1) is 17.9. The van der Waals surface area contributed by atoms with Crippen molar-refractivity contribution in [1.29, 1.82) is 0 Å². The third-order valence-electron chi connectivity index (χ3n) is 3.91. The average Bonchev–Trinajstić information content (AvgIpc) is 3.19. The normalized spacial score (nSPS) is 10.6. The van der Waals surface area contributed by atoms with Gasteiger partial charge in [-0.25, -0.2) is 9.48 Å². The molecule has 0 saturated heterocycles. The summed E-state index contributed by atoms with van der Waals surface area (Å²) in [6.45, 7) is 5.28. The third-order valence-corrected chi connectivity index (χ3v) is 5.03. The molecule has 2 aromatic heterocycles. The van der Waals surface area contributed by atoms with Gasteiger partial charge in [-0.15, -0.1) is 11.3 Å². The molecular formula is C19H19N3O3S. The number of carbonyl (C=O) groups excluding carboxylic acids is 2. The number of rotatable bonds is 5. The van der Waals surface area contributed by atoms with Gasteiger partial charge in [0.15, 0.2) is 0 Å². The SMILES string of the molecule is CC(=O)Nc1sc(C)c(C)c1C(=O)OCc1cnn(-c2ccccc2)c1. The molecule has 6 nitrogen and oxygen atoms in total. The zero-order valence-corrected chi connectivity index (χ0v) is 15.6. The predicted octanol–water partition coefficient (Wildman–Crippen LogP) is 3.87. The van der Waals surface area contributed by atoms with Gasteiger partial charge in [-0.2, -0.15) is 5.10 Å². The molecule has 0 aliphatic rings. The summed E-state index contributed by atoms with van der Waals surface area (Å²) in [5.74, 6) is -0.674. The highest BCUT2D eigenvalue weighted by molar-refractivity contribution is 7.16. The Morgan fingerprint density at radius 3 is 2.65 bits per heavy atom. The maximum absolute atomic E-state index is 12.5. The van der Waals surface area contributed by atoms with E-state index in [4.69, 9.17) is 4.74 Å². The third kappa shape index (κ3) is 3.83. The highest BCUT2D eigenvalue weighted by atomic mass is 32.1. The van der Waals surface area contributed by atoms with Crippen LogP contribution in [0.4, 0.5) is 5.00 Å². The minimum Gasteiger partial charge on any atom is -0.457 e. The number of esters is 1. The second-order valence-corrected chi connectivity index (χ2v) is 7.10. The number of para-hydroxylation sites is 1. The van der Waals surface area contributed by atoms with Crippen LogP contribution in [0.2, 0.25) is 0 Å². The monoisotopic (exact) mass is 369 g/mol. The Bertz CT molecular complexity index is 944. The van der Waals surface area contributed by atoms with Crippen LogP contribution < -0.4 is 5.32 Å². The van der Waals surface area contributed by atoms with E-state index in [1.165, 1.54) is 18.3 Å². The van der Waals surface area contributed by atoms with Gasteiger partial charge in [0.2, 0.25) is 5.91 Å². The Kier molecular flexibility index (Phi) is 5.18. The molecule has 3 aromatic rings. The number of anilines is 1. The molecule has 1 N–H and O–H groups in total. The first-order valence-corrected chi connectivity index (χ1v) is 8.91. The number of hydrogen-bond acceptors (Lipinski definition) is 5. The number of aryl methyl sites for hydroxylation is 1. The largest absolute Gasteiger partial charge is 0.457 e. The molecule has 3 rings (SSSR count). The predicted molar refractivity (Wildman–Crippen MR) is 101 cm³/mol. The van der Waals surface area contributed by atoms with Gasteiger partial charge in [0.05, 0.1) is 17.4 Å². The molecule has 0 unspecified atom stereocenters. The lowest BCUT2D eigenvalue weighted by Gasteiger charge is -2.06. The summed E-state index contributed by atoms with van der Waals surface area (Å²) < 4.78 is 7.17. The van der Waals surface area contributed by atoms with E-state index in [1.807, 2.05) is 50.4 Å². The molecule has 7 heteroatoms. The smallest absolute Gasteiger partial charge is 0.341 e. The summed E-state index contributed by atoms with van der Waals surface area (Å²) in [5.41, 5.74) is 2.96. The maximum Gasteiger partial charge on any atom is 0.341 e. The fourth-order valence-electron chi connectivity index (χ4n) is 2.50. The van der Waals surface area contributed by atoms with E-state index >= 15 is 0 Å². The van der Waals surface area contributed by atoms with Gasteiger partial charge >= 0.3 is 5.97 Å². The van der Waals surface area contributed by atoms with Crippen molar-refractivity contribution in [2.45, 2.75) is 27.4 Å². The number of aromatic nitrogens is 2. The molecule has 1 aromatic carbocycles. The quantitative estimate of drug-likeness (QED) is 0.693. The minimum absolute atomic E-state index is 0.111. The van der Waals surface area contributed by atoms with Crippen LogP contribution in [0.25, 0.3) is 5.69 Å². The van der Waals surface area contributed by atoms with Crippen LogP contribution in [0.3, 0.4) is 0 Å². The Morgan fingerprint density at radius 1 is 1.23 bits per heavy atom. The second kappa shape index (κ2) is 7.53. The van der Waals surface area contributed by atoms with Gasteiger partial charge in [0.1, 0.15) is 11.6 Å². The molecule has 0 saturated carbocycles. The van der Waals surface area contributed by atoms with Crippen LogP contribution in [-0.4, -0.2) is 21.7 Å². The van der Waals surface area contributed by atoms with Crippen LogP contribution >= 0.6 is 11.3 Å². The van der Waals surface area contributed by atoms with Crippen molar-refractivity contribution in [1.82, 2.24) is 9.78 Å². The topological polar surface area (TPSA) is 73.2 Å². The van der Waals surface area contributed by atoms with Crippen LogP contribution in [0.5, 0.6) is 0 Å². The molecule has 0 atom stereocenters. The summed E-state index contributed by atoms with van der Waals surface area (Å²) >= 11 is 1.37. The average molecular weight is 369 g/mol. The van der Waals surface area contributed by atoms with E-state index in [2.05, 4.69) is 10.4 Å². The van der Waals surface area contributed by atoms with Crippen molar-refractivity contribution in [3.05, 3.63) is 64.3 Å². The van der Waals surface area contributed by atoms with Crippen molar-refractivity contribution in [2.24, 2.45) is 0 Å². The van der Waals surface area contributed by atoms with E-state index < -0.39 is 5.97 Å². The standard InChI is InChI=1S/C19H19N3O3S/c1-12-13(2)26-18(21-14(3)23)17(12)19(24)25-11-15-9-20-22(10-15)16-7-5-4-6-8-16/h4-10H,11H2,1-3H3,(H,21,23). The zero-order chi connectivity index (χ0) is 18.7. The molecule has 0 spiro atoms. The van der Waals surface area contributed by atoms with Gasteiger partial charge in [0, 0.05) is 23.6 Å². The number of nitrogens with one attached hydrogen (secondary N) is 1. The van der Waals surface area contributed by atoms with Gasteiger partial charge in [-0.1, -0.05) is 18.2 Å². The summed E-state index contributed by atoms with van der Waals surface area (Å²) in [4.78, 5) is 24.9. The second-order valence-electron chi connectivity index (χ2n) is 5.87. The Labute approximate surface area is 155 Å². The van der Waals surface area contributed by atoms with Crippen molar-refractivity contribution >= 4 is 28.2 Å². The molecule has 1 amide bonds. The van der Waals surface area contributed by atoms with Crippen molar-refractivity contribution < 1.29 is 14.3 Å². The summed E-state index contributed by atoms with van der Waals surface area (Å²) in [5, 5.41) is 7.51. The molecule has 0 bridgehead atoms. The molecule has 0 aliphatic carbocycles. The molecule has 0 fully saturated rings. The number of carbonyl (C=O) groups is 2. The van der Waals surface area contributed by atoms with Gasteiger partial charge in [-0.3, -0.25) is 4.79 Å². The minimum atomic E-state index is -0.455. The van der Waals surface area contributed by atoms with E-state index in [1.54, 1.807) is 10.9 Å². The van der Waals surface area contributed by atoms with Crippen molar-refractivity contribution in [3.8, 4) is 5.69 Å². The van der Waals surface area contributed by atoms with E-state index in [0.717, 1.165) is 21.7 Å².